The molecule has 8 heteroatoms. The van der Waals surface area contributed by atoms with E-state index in [9.17, 15) is 0 Å². The Hall–Kier alpha value is -2.74. The maximum atomic E-state index is 5.38. The highest BCUT2D eigenvalue weighted by molar-refractivity contribution is 7.13. The van der Waals surface area contributed by atoms with Gasteiger partial charge in [-0.25, -0.2) is 9.97 Å². The van der Waals surface area contributed by atoms with E-state index in [0.717, 1.165) is 28.1 Å². The van der Waals surface area contributed by atoms with Gasteiger partial charge in [0.2, 0.25) is 11.7 Å². The van der Waals surface area contributed by atoms with Crippen LogP contribution in [0.3, 0.4) is 0 Å². The fourth-order valence-corrected chi connectivity index (χ4v) is 3.33. The van der Waals surface area contributed by atoms with Crippen LogP contribution in [0.25, 0.3) is 21.7 Å². The predicted molar refractivity (Wildman–Crippen MR) is 93.0 cm³/mol. The van der Waals surface area contributed by atoms with Gasteiger partial charge in [-0.2, -0.15) is 4.98 Å². The van der Waals surface area contributed by atoms with Crippen LogP contribution in [0.1, 0.15) is 18.4 Å². The first kappa shape index (κ1) is 14.8. The first-order valence-electron chi connectivity index (χ1n) is 7.64. The zero-order valence-corrected chi connectivity index (χ0v) is 14.2. The fraction of sp³-hybridized carbons (Fsp3) is 0.250. The topological polar surface area (TPSA) is 83.7 Å². The van der Waals surface area contributed by atoms with Crippen LogP contribution in [0.5, 0.6) is 0 Å². The molecule has 0 saturated carbocycles. The van der Waals surface area contributed by atoms with E-state index in [1.807, 2.05) is 35.7 Å². The number of aromatic nitrogens is 5. The molecule has 0 aliphatic rings. The zero-order valence-electron chi connectivity index (χ0n) is 13.4. The van der Waals surface area contributed by atoms with E-state index in [1.165, 1.54) is 5.56 Å². The SMILES string of the molecule is CCc1c[nH]c2ncnc(N(C)Cc3nc(-c4cccs4)no3)c12. The molecule has 7 nitrogen and oxygen atoms in total. The monoisotopic (exact) mass is 340 g/mol. The zero-order chi connectivity index (χ0) is 16.5. The lowest BCUT2D eigenvalue weighted by molar-refractivity contribution is 0.378. The number of nitrogens with zero attached hydrogens (tertiary/aromatic N) is 5. The van der Waals surface area contributed by atoms with Crippen molar-refractivity contribution in [3.63, 3.8) is 0 Å². The van der Waals surface area contributed by atoms with E-state index < -0.39 is 0 Å². The largest absolute Gasteiger partial charge is 0.350 e. The third kappa shape index (κ3) is 2.54. The molecule has 0 aromatic carbocycles. The molecule has 4 aromatic rings. The Labute approximate surface area is 142 Å². The summed E-state index contributed by atoms with van der Waals surface area (Å²) in [5.41, 5.74) is 2.03. The summed E-state index contributed by atoms with van der Waals surface area (Å²) in [5.74, 6) is 2.03. The molecule has 122 valence electrons. The van der Waals surface area contributed by atoms with E-state index in [0.29, 0.717) is 18.3 Å². The van der Waals surface area contributed by atoms with Gasteiger partial charge < -0.3 is 14.4 Å². The molecule has 4 aromatic heterocycles. The Morgan fingerprint density at radius 3 is 3.04 bits per heavy atom. The highest BCUT2D eigenvalue weighted by Crippen LogP contribution is 2.27. The van der Waals surface area contributed by atoms with Crippen molar-refractivity contribution in [3.8, 4) is 10.7 Å². The molecule has 24 heavy (non-hydrogen) atoms. The number of rotatable bonds is 5. The van der Waals surface area contributed by atoms with E-state index >= 15 is 0 Å². The summed E-state index contributed by atoms with van der Waals surface area (Å²) in [6.07, 6.45) is 4.46. The molecule has 0 aliphatic carbocycles. The van der Waals surface area contributed by atoms with E-state index in [2.05, 4.69) is 32.0 Å². The second-order valence-electron chi connectivity index (χ2n) is 5.43. The Morgan fingerprint density at radius 2 is 2.25 bits per heavy atom. The molecule has 0 unspecified atom stereocenters. The van der Waals surface area contributed by atoms with Gasteiger partial charge in [-0.1, -0.05) is 18.1 Å². The molecule has 0 amide bonds. The van der Waals surface area contributed by atoms with Crippen molar-refractivity contribution in [1.82, 2.24) is 25.1 Å². The number of hydrogen-bond acceptors (Lipinski definition) is 7. The number of aromatic amines is 1. The lowest BCUT2D eigenvalue weighted by Gasteiger charge is -2.16. The average Bonchev–Trinajstić information content (AvgIpc) is 3.33. The van der Waals surface area contributed by atoms with E-state index in [-0.39, 0.29) is 0 Å². The Bertz CT molecular complexity index is 958. The quantitative estimate of drug-likeness (QED) is 0.600. The van der Waals surface area contributed by atoms with Crippen molar-refractivity contribution in [2.24, 2.45) is 0 Å². The smallest absolute Gasteiger partial charge is 0.246 e. The fourth-order valence-electron chi connectivity index (χ4n) is 2.68. The highest BCUT2D eigenvalue weighted by Gasteiger charge is 2.16. The molecule has 0 fully saturated rings. The summed E-state index contributed by atoms with van der Waals surface area (Å²) in [7, 11) is 1.96. The molecule has 0 spiro atoms. The maximum absolute atomic E-state index is 5.38. The molecular formula is C16H16N6OS. The minimum atomic E-state index is 0.485. The Morgan fingerprint density at radius 1 is 1.33 bits per heavy atom. The van der Waals surface area contributed by atoms with Gasteiger partial charge in [0.25, 0.3) is 0 Å². The number of aryl methyl sites for hydroxylation is 1. The summed E-state index contributed by atoms with van der Waals surface area (Å²) < 4.78 is 5.38. The van der Waals surface area contributed by atoms with Crippen LogP contribution < -0.4 is 4.90 Å². The highest BCUT2D eigenvalue weighted by atomic mass is 32.1. The van der Waals surface area contributed by atoms with Crippen molar-refractivity contribution in [2.75, 3.05) is 11.9 Å². The van der Waals surface area contributed by atoms with Crippen LogP contribution in [-0.2, 0) is 13.0 Å². The predicted octanol–water partition coefficient (Wildman–Crippen LogP) is 3.27. The number of anilines is 1. The van der Waals surface area contributed by atoms with Crippen molar-refractivity contribution >= 4 is 28.2 Å². The Kier molecular flexibility index (Phi) is 3.73. The molecule has 0 bridgehead atoms. The summed E-state index contributed by atoms with van der Waals surface area (Å²) >= 11 is 1.59. The summed E-state index contributed by atoms with van der Waals surface area (Å²) in [6.45, 7) is 2.60. The van der Waals surface area contributed by atoms with Gasteiger partial charge in [-0.15, -0.1) is 11.3 Å². The maximum Gasteiger partial charge on any atom is 0.246 e. The van der Waals surface area contributed by atoms with Crippen LogP contribution >= 0.6 is 11.3 Å². The second-order valence-corrected chi connectivity index (χ2v) is 6.38. The van der Waals surface area contributed by atoms with Gasteiger partial charge >= 0.3 is 0 Å². The molecular weight excluding hydrogens is 324 g/mol. The van der Waals surface area contributed by atoms with Gasteiger partial charge in [0, 0.05) is 13.2 Å². The van der Waals surface area contributed by atoms with Crippen LogP contribution in [0, 0.1) is 0 Å². The van der Waals surface area contributed by atoms with Crippen molar-refractivity contribution in [3.05, 3.63) is 41.5 Å². The third-order valence-corrected chi connectivity index (χ3v) is 4.72. The summed E-state index contributed by atoms with van der Waals surface area (Å²) in [6, 6.07) is 3.95. The molecule has 4 heterocycles. The van der Waals surface area contributed by atoms with Crippen molar-refractivity contribution in [1.29, 1.82) is 0 Å². The molecule has 0 saturated heterocycles. The van der Waals surface area contributed by atoms with Crippen LogP contribution in [0.4, 0.5) is 5.82 Å². The third-order valence-electron chi connectivity index (χ3n) is 3.86. The standard InChI is InChI=1S/C16H16N6OS/c1-3-10-7-17-15-13(10)16(19-9-18-15)22(2)8-12-20-14(21-23-12)11-5-4-6-24-11/h4-7,9H,3,8H2,1-2H3,(H,17,18,19). The molecule has 0 aliphatic heterocycles. The van der Waals surface area contributed by atoms with Crippen molar-refractivity contribution in [2.45, 2.75) is 19.9 Å². The van der Waals surface area contributed by atoms with Crippen LogP contribution in [0.15, 0.2) is 34.6 Å². The number of fused-ring (bicyclic) bond motifs is 1. The molecule has 1 N–H and O–H groups in total. The van der Waals surface area contributed by atoms with Gasteiger partial charge in [-0.05, 0) is 23.4 Å². The van der Waals surface area contributed by atoms with E-state index in [4.69, 9.17) is 4.52 Å². The van der Waals surface area contributed by atoms with Gasteiger partial charge in [0.15, 0.2) is 0 Å². The first-order chi connectivity index (χ1) is 11.8. The van der Waals surface area contributed by atoms with E-state index in [1.54, 1.807) is 17.7 Å². The minimum absolute atomic E-state index is 0.485. The lowest BCUT2D eigenvalue weighted by Crippen LogP contribution is -2.18. The summed E-state index contributed by atoms with van der Waals surface area (Å²) in [5, 5.41) is 7.09. The Balaban J connectivity index is 1.63. The van der Waals surface area contributed by atoms with Gasteiger partial charge in [0.1, 0.15) is 17.8 Å². The molecule has 4 rings (SSSR count). The average molecular weight is 340 g/mol. The first-order valence-corrected chi connectivity index (χ1v) is 8.52. The van der Waals surface area contributed by atoms with Crippen LogP contribution in [-0.4, -0.2) is 32.1 Å². The van der Waals surface area contributed by atoms with Gasteiger partial charge in [-0.3, -0.25) is 0 Å². The number of nitrogens with one attached hydrogen (secondary N) is 1. The minimum Gasteiger partial charge on any atom is -0.350 e. The molecule has 0 radical (unpaired) electrons. The number of hydrogen-bond donors (Lipinski definition) is 1. The summed E-state index contributed by atoms with van der Waals surface area (Å²) in [4.78, 5) is 19.4. The van der Waals surface area contributed by atoms with Crippen molar-refractivity contribution < 1.29 is 4.52 Å². The van der Waals surface area contributed by atoms with Crippen LogP contribution in [0.2, 0.25) is 0 Å². The lowest BCUT2D eigenvalue weighted by atomic mass is 10.2. The molecule has 0 atom stereocenters. The number of thiophene rings is 1. The second kappa shape index (κ2) is 6.04. The van der Waals surface area contributed by atoms with Gasteiger partial charge in [0.05, 0.1) is 16.8 Å². The number of H-pyrrole nitrogens is 1. The normalized spacial score (nSPS) is 11.2.